The van der Waals surface area contributed by atoms with E-state index in [1.807, 2.05) is 6.07 Å². The van der Waals surface area contributed by atoms with E-state index in [4.69, 9.17) is 16.3 Å². The van der Waals surface area contributed by atoms with Gasteiger partial charge in [-0.05, 0) is 43.2 Å². The van der Waals surface area contributed by atoms with Crippen molar-refractivity contribution in [1.29, 1.82) is 0 Å². The molecular weight excluding hydrogens is 291 g/mol. The van der Waals surface area contributed by atoms with Crippen molar-refractivity contribution in [2.24, 2.45) is 5.41 Å². The molecule has 0 aliphatic heterocycles. The minimum atomic E-state index is -0.214. The molecule has 1 fully saturated rings. The lowest BCUT2D eigenvalue weighted by atomic mass is 10.0. The van der Waals surface area contributed by atoms with E-state index in [0.29, 0.717) is 22.4 Å². The quantitative estimate of drug-likeness (QED) is 0.753. The smallest absolute Gasteiger partial charge is 0.128 e. The van der Waals surface area contributed by atoms with E-state index < -0.39 is 0 Å². The van der Waals surface area contributed by atoms with Gasteiger partial charge in [0.25, 0.3) is 0 Å². The van der Waals surface area contributed by atoms with Gasteiger partial charge in [0.1, 0.15) is 11.6 Å². The van der Waals surface area contributed by atoms with Crippen LogP contribution in [0.15, 0.2) is 12.1 Å². The van der Waals surface area contributed by atoms with E-state index in [9.17, 15) is 4.39 Å². The third-order valence-corrected chi connectivity index (χ3v) is 4.75. The summed E-state index contributed by atoms with van der Waals surface area (Å²) < 4.78 is 21.1. The predicted molar refractivity (Wildman–Crippen MR) is 82.1 cm³/mol. The average molecular weight is 311 g/mol. The van der Waals surface area contributed by atoms with Crippen molar-refractivity contribution < 1.29 is 9.13 Å². The molecule has 0 amide bonds. The fourth-order valence-corrected chi connectivity index (χ4v) is 3.10. The van der Waals surface area contributed by atoms with Crippen molar-refractivity contribution in [1.82, 2.24) is 9.55 Å². The Labute approximate surface area is 129 Å². The molecule has 0 N–H and O–H groups in total. The Bertz CT molecular complexity index is 664. The molecule has 0 spiro atoms. The van der Waals surface area contributed by atoms with Gasteiger partial charge in [-0.3, -0.25) is 0 Å². The van der Waals surface area contributed by atoms with Crippen LogP contribution in [0.5, 0.6) is 0 Å². The summed E-state index contributed by atoms with van der Waals surface area (Å²) in [6.07, 6.45) is 3.46. The minimum absolute atomic E-state index is 0.214. The van der Waals surface area contributed by atoms with Crippen LogP contribution in [0.2, 0.25) is 0 Å². The van der Waals surface area contributed by atoms with Crippen molar-refractivity contribution in [3.05, 3.63) is 29.3 Å². The largest absolute Gasteiger partial charge is 0.385 e. The normalized spacial score (nSPS) is 16.6. The molecule has 3 rings (SSSR count). The van der Waals surface area contributed by atoms with Gasteiger partial charge in [-0.15, -0.1) is 11.6 Å². The molecule has 0 unspecified atom stereocenters. The van der Waals surface area contributed by atoms with Gasteiger partial charge in [-0.1, -0.05) is 0 Å². The number of imidazole rings is 1. The van der Waals surface area contributed by atoms with E-state index in [-0.39, 0.29) is 5.82 Å². The zero-order valence-electron chi connectivity index (χ0n) is 12.5. The molecule has 1 aromatic heterocycles. The Kier molecular flexibility index (Phi) is 3.93. The number of aryl methyl sites for hydroxylation is 1. The fraction of sp³-hybridized carbons (Fsp3) is 0.562. The Morgan fingerprint density at radius 1 is 1.43 bits per heavy atom. The average Bonchev–Trinajstić information content (AvgIpc) is 3.16. The van der Waals surface area contributed by atoms with E-state index in [0.717, 1.165) is 30.9 Å². The van der Waals surface area contributed by atoms with Crippen LogP contribution in [0.4, 0.5) is 4.39 Å². The highest BCUT2D eigenvalue weighted by molar-refractivity contribution is 6.16. The van der Waals surface area contributed by atoms with Crippen LogP contribution in [0.3, 0.4) is 0 Å². The first-order chi connectivity index (χ1) is 10.1. The maximum Gasteiger partial charge on any atom is 0.128 e. The van der Waals surface area contributed by atoms with Gasteiger partial charge in [0.15, 0.2) is 0 Å². The lowest BCUT2D eigenvalue weighted by molar-refractivity contribution is 0.167. The number of fused-ring (bicyclic) bond motifs is 1. The molecule has 2 aromatic rings. The highest BCUT2D eigenvalue weighted by Crippen LogP contribution is 2.50. The van der Waals surface area contributed by atoms with Gasteiger partial charge >= 0.3 is 0 Å². The number of alkyl halides is 1. The van der Waals surface area contributed by atoms with E-state index in [1.165, 1.54) is 18.9 Å². The molecular formula is C16H20ClFN2O. The lowest BCUT2D eigenvalue weighted by Gasteiger charge is -2.17. The van der Waals surface area contributed by atoms with E-state index in [1.54, 1.807) is 14.0 Å². The zero-order chi connectivity index (χ0) is 15.0. The first kappa shape index (κ1) is 14.8. The highest BCUT2D eigenvalue weighted by Gasteiger charge is 2.43. The molecule has 0 atom stereocenters. The molecule has 3 nitrogen and oxygen atoms in total. The predicted octanol–water partition coefficient (Wildman–Crippen LogP) is 4.04. The molecule has 1 heterocycles. The maximum absolute atomic E-state index is 13.7. The molecule has 114 valence electrons. The summed E-state index contributed by atoms with van der Waals surface area (Å²) in [5, 5.41) is 0. The summed E-state index contributed by atoms with van der Waals surface area (Å²) in [5.74, 6) is 0.949. The summed E-state index contributed by atoms with van der Waals surface area (Å²) in [6, 6.07) is 3.38. The number of halogens is 2. The second-order valence-corrected chi connectivity index (χ2v) is 6.35. The Morgan fingerprint density at radius 2 is 2.19 bits per heavy atom. The third-order valence-electron chi connectivity index (χ3n) is 4.51. The summed E-state index contributed by atoms with van der Waals surface area (Å²) in [5.41, 5.74) is 2.61. The van der Waals surface area contributed by atoms with Crippen molar-refractivity contribution in [3.8, 4) is 0 Å². The molecule has 1 aliphatic rings. The number of hydrogen-bond acceptors (Lipinski definition) is 2. The molecule has 21 heavy (non-hydrogen) atoms. The zero-order valence-corrected chi connectivity index (χ0v) is 13.2. The van der Waals surface area contributed by atoms with Gasteiger partial charge < -0.3 is 9.30 Å². The number of methoxy groups -OCH3 is 1. The summed E-state index contributed by atoms with van der Waals surface area (Å²) in [7, 11) is 1.74. The second kappa shape index (κ2) is 5.58. The molecule has 1 aliphatic carbocycles. The Morgan fingerprint density at radius 3 is 2.81 bits per heavy atom. The third kappa shape index (κ3) is 2.79. The van der Waals surface area contributed by atoms with Crippen LogP contribution >= 0.6 is 11.6 Å². The second-order valence-electron chi connectivity index (χ2n) is 6.08. The molecule has 1 saturated carbocycles. The van der Waals surface area contributed by atoms with E-state index in [2.05, 4.69) is 9.55 Å². The number of nitrogens with zero attached hydrogens (tertiary/aromatic N) is 2. The van der Waals surface area contributed by atoms with Crippen molar-refractivity contribution in [2.45, 2.75) is 38.6 Å². The van der Waals surface area contributed by atoms with E-state index >= 15 is 0 Å². The van der Waals surface area contributed by atoms with Gasteiger partial charge in [0, 0.05) is 26.3 Å². The molecule has 1 aromatic carbocycles. The van der Waals surface area contributed by atoms with Crippen molar-refractivity contribution in [3.63, 3.8) is 0 Å². The van der Waals surface area contributed by atoms with Gasteiger partial charge in [-0.25, -0.2) is 9.37 Å². The summed E-state index contributed by atoms with van der Waals surface area (Å²) in [6.45, 7) is 3.45. The van der Waals surface area contributed by atoms with Gasteiger partial charge in [0.2, 0.25) is 0 Å². The summed E-state index contributed by atoms with van der Waals surface area (Å²) >= 11 is 6.03. The number of ether oxygens (including phenoxy) is 1. The monoisotopic (exact) mass is 310 g/mol. The Hall–Kier alpha value is -1.13. The first-order valence-corrected chi connectivity index (χ1v) is 7.82. The number of aromatic nitrogens is 2. The lowest BCUT2D eigenvalue weighted by Crippen LogP contribution is -2.15. The molecule has 0 saturated heterocycles. The highest BCUT2D eigenvalue weighted by atomic mass is 35.5. The first-order valence-electron chi connectivity index (χ1n) is 7.29. The number of rotatable bonds is 6. The van der Waals surface area contributed by atoms with Gasteiger partial charge in [-0.2, -0.15) is 0 Å². The SMILES string of the molecule is COCCC1(Cn2c(CCl)nc3cc(F)c(C)cc32)CC1. The summed E-state index contributed by atoms with van der Waals surface area (Å²) in [4.78, 5) is 4.49. The fourth-order valence-electron chi connectivity index (χ4n) is 2.90. The molecule has 0 bridgehead atoms. The Balaban J connectivity index is 1.98. The number of benzene rings is 1. The van der Waals surface area contributed by atoms with Crippen LogP contribution < -0.4 is 0 Å². The molecule has 0 radical (unpaired) electrons. The van der Waals surface area contributed by atoms with Crippen molar-refractivity contribution >= 4 is 22.6 Å². The molecule has 5 heteroatoms. The van der Waals surface area contributed by atoms with Crippen LogP contribution in [0, 0.1) is 18.2 Å². The standard InChI is InChI=1S/C16H20ClFN2O/c1-11-7-14-13(8-12(11)18)19-15(9-17)20(14)10-16(3-4-16)5-6-21-2/h7-8H,3-6,9-10H2,1-2H3. The van der Waals surface area contributed by atoms with Crippen molar-refractivity contribution in [2.75, 3.05) is 13.7 Å². The maximum atomic E-state index is 13.7. The van der Waals surface area contributed by atoms with Crippen LogP contribution in [-0.2, 0) is 17.2 Å². The topological polar surface area (TPSA) is 27.1 Å². The van der Waals surface area contributed by atoms with Crippen LogP contribution in [0.1, 0.15) is 30.7 Å². The number of hydrogen-bond donors (Lipinski definition) is 0. The van der Waals surface area contributed by atoms with Crippen LogP contribution in [0.25, 0.3) is 11.0 Å². The van der Waals surface area contributed by atoms with Gasteiger partial charge in [0.05, 0.1) is 16.9 Å². The van der Waals surface area contributed by atoms with Crippen LogP contribution in [-0.4, -0.2) is 23.3 Å². The minimum Gasteiger partial charge on any atom is -0.385 e.